The molecule has 2 rings (SSSR count). The van der Waals surface area contributed by atoms with Gasteiger partial charge in [0.2, 0.25) is 0 Å². The van der Waals surface area contributed by atoms with Crippen LogP contribution < -0.4 is 27.6 Å². The number of aliphatic carboxylic acids is 1. The summed E-state index contributed by atoms with van der Waals surface area (Å²) < 4.78 is 0. The Labute approximate surface area is 181 Å². The number of aliphatic hydroxyl groups excluding tert-OH is 2. The number of carboxylic acids is 1. The highest BCUT2D eigenvalue weighted by molar-refractivity contribution is 5.60. The van der Waals surface area contributed by atoms with Gasteiger partial charge in [-0.2, -0.15) is 10.1 Å². The Morgan fingerprint density at radius 3 is 1.00 bits per heavy atom. The highest BCUT2D eigenvalue weighted by atomic mass is 35.5. The van der Waals surface area contributed by atoms with Crippen LogP contribution in [0.25, 0.3) is 0 Å². The van der Waals surface area contributed by atoms with Gasteiger partial charge in [0.25, 0.3) is 0 Å². The van der Waals surface area contributed by atoms with Gasteiger partial charge < -0.3 is 32.5 Å². The molecule has 0 atom stereocenters. The molecule has 8 nitrogen and oxygen atoms in total. The van der Waals surface area contributed by atoms with Crippen molar-refractivity contribution >= 4 is 5.97 Å². The minimum atomic E-state index is -1.08. The molecular weight excluding hydrogens is 400 g/mol. The van der Waals surface area contributed by atoms with Crippen LogP contribution in [0.4, 0.5) is 0 Å². The monoisotopic (exact) mass is 442 g/mol. The number of carboxylic acid groups (broad SMARTS) is 1. The molecule has 0 aliphatic carbocycles. The largest absolute Gasteiger partial charge is 1.00 e. The lowest BCUT2D eigenvalue weighted by Gasteiger charge is -2.45. The van der Waals surface area contributed by atoms with E-state index in [1.54, 1.807) is 0 Å². The smallest absolute Gasteiger partial charge is 0.124 e. The Balaban J connectivity index is 0. The first kappa shape index (κ1) is 30.7. The van der Waals surface area contributed by atoms with Gasteiger partial charge in [-0.3, -0.25) is 0 Å². The molecule has 0 saturated carbocycles. The van der Waals surface area contributed by atoms with E-state index in [0.29, 0.717) is 35.8 Å². The number of quaternary nitrogens is 2. The summed E-state index contributed by atoms with van der Waals surface area (Å²) in [6.07, 6.45) is 2.13. The van der Waals surface area contributed by atoms with E-state index in [4.69, 9.17) is 9.90 Å². The van der Waals surface area contributed by atoms with Gasteiger partial charge in [0.1, 0.15) is 22.2 Å². The number of nitrogens with one attached hydrogen (secondary N) is 2. The van der Waals surface area contributed by atoms with Crippen molar-refractivity contribution in [2.45, 2.75) is 122 Å². The van der Waals surface area contributed by atoms with Gasteiger partial charge in [-0.15, -0.1) is 0 Å². The van der Waals surface area contributed by atoms with Crippen molar-refractivity contribution in [3.05, 3.63) is 0 Å². The molecule has 0 unspecified atom stereocenters. The third kappa shape index (κ3) is 9.46. The average Bonchev–Trinajstić information content (AvgIpc) is 2.40. The second kappa shape index (κ2) is 10.7. The van der Waals surface area contributed by atoms with E-state index in [1.807, 2.05) is 55.4 Å². The Morgan fingerprint density at radius 2 is 0.862 bits per heavy atom. The van der Waals surface area contributed by atoms with Crippen LogP contribution >= 0.6 is 0 Å². The normalized spacial score (nSPS) is 33.6. The van der Waals surface area contributed by atoms with Crippen molar-refractivity contribution in [2.75, 3.05) is 0 Å². The van der Waals surface area contributed by atoms with Gasteiger partial charge in [0.05, 0.1) is 12.2 Å². The van der Waals surface area contributed by atoms with Crippen LogP contribution in [0.15, 0.2) is 0 Å². The van der Waals surface area contributed by atoms with Crippen molar-refractivity contribution in [1.29, 1.82) is 0 Å². The average molecular weight is 443 g/mol. The number of hydroxylamine groups is 4. The van der Waals surface area contributed by atoms with E-state index in [9.17, 15) is 20.6 Å². The van der Waals surface area contributed by atoms with Crippen LogP contribution in [0.5, 0.6) is 0 Å². The molecule has 0 bridgehead atoms. The predicted molar refractivity (Wildman–Crippen MR) is 103 cm³/mol. The lowest BCUT2D eigenvalue weighted by molar-refractivity contribution is -1.16. The van der Waals surface area contributed by atoms with Gasteiger partial charge in [0.15, 0.2) is 0 Å². The third-order valence-corrected chi connectivity index (χ3v) is 5.55. The molecule has 0 radical (unpaired) electrons. The molecule has 0 aromatic carbocycles. The molecule has 29 heavy (non-hydrogen) atoms. The maximum atomic E-state index is 9.89. The van der Waals surface area contributed by atoms with Crippen molar-refractivity contribution in [3.8, 4) is 0 Å². The fourth-order valence-electron chi connectivity index (χ4n) is 4.72. The minimum absolute atomic E-state index is 0. The molecule has 2 saturated heterocycles. The van der Waals surface area contributed by atoms with Crippen LogP contribution in [-0.2, 0) is 4.79 Å². The summed E-state index contributed by atoms with van der Waals surface area (Å²) in [4.78, 5) is 8.89. The number of aliphatic hydroxyl groups is 2. The zero-order chi connectivity index (χ0) is 22.7. The third-order valence-electron chi connectivity index (χ3n) is 5.55. The lowest BCUT2D eigenvalue weighted by Crippen LogP contribution is -3.25. The Morgan fingerprint density at radius 1 is 0.724 bits per heavy atom. The van der Waals surface area contributed by atoms with Gasteiger partial charge >= 0.3 is 0 Å². The zero-order valence-electron chi connectivity index (χ0n) is 19.5. The van der Waals surface area contributed by atoms with Crippen LogP contribution in [0.1, 0.15) is 88.0 Å². The van der Waals surface area contributed by atoms with E-state index in [-0.39, 0.29) is 46.8 Å². The summed E-state index contributed by atoms with van der Waals surface area (Å²) in [7, 11) is 0. The fourth-order valence-corrected chi connectivity index (χ4v) is 4.72. The van der Waals surface area contributed by atoms with Gasteiger partial charge in [-0.25, -0.2) is 10.4 Å². The van der Waals surface area contributed by atoms with Gasteiger partial charge in [-0.05, 0) is 62.3 Å². The van der Waals surface area contributed by atoms with Crippen molar-refractivity contribution in [3.63, 3.8) is 0 Å². The summed E-state index contributed by atoms with van der Waals surface area (Å²) in [6.45, 7) is 16.8. The molecule has 176 valence electrons. The maximum absolute atomic E-state index is 9.89. The summed E-state index contributed by atoms with van der Waals surface area (Å²) in [5.74, 6) is -1.08. The summed E-state index contributed by atoms with van der Waals surface area (Å²) in [5.41, 5.74) is -0.940. The summed E-state index contributed by atoms with van der Waals surface area (Å²) >= 11 is 0. The molecule has 0 spiro atoms. The quantitative estimate of drug-likeness (QED) is 0.225. The van der Waals surface area contributed by atoms with Crippen LogP contribution in [-0.4, -0.2) is 61.0 Å². The highest BCUT2D eigenvalue weighted by Crippen LogP contribution is 2.23. The topological polar surface area (TPSA) is 130 Å². The van der Waals surface area contributed by atoms with Crippen molar-refractivity contribution in [1.82, 2.24) is 0 Å². The minimum Gasteiger partial charge on any atom is -1.00 e. The second-order valence-electron chi connectivity index (χ2n) is 10.8. The van der Waals surface area contributed by atoms with E-state index >= 15 is 0 Å². The molecule has 2 aliphatic rings. The fraction of sp³-hybridized carbons (Fsp3) is 0.950. The molecule has 6 N–H and O–H groups in total. The molecular formula is C20H43ClN2O6. The maximum Gasteiger partial charge on any atom is 0.124 e. The number of rotatable bonds is 0. The lowest BCUT2D eigenvalue weighted by atomic mass is 9.80. The first-order valence-corrected chi connectivity index (χ1v) is 9.92. The Kier molecular flexibility index (Phi) is 11.3. The van der Waals surface area contributed by atoms with Crippen molar-refractivity contribution in [2.24, 2.45) is 0 Å². The molecule has 2 aliphatic heterocycles. The first-order chi connectivity index (χ1) is 12.2. The van der Waals surface area contributed by atoms with Crippen LogP contribution in [0.2, 0.25) is 0 Å². The molecule has 0 aromatic heterocycles. The summed E-state index contributed by atoms with van der Waals surface area (Å²) in [5, 5.41) is 48.9. The number of piperidine rings is 2. The number of hydrogen-bond acceptors (Lipinski definition) is 6. The van der Waals surface area contributed by atoms with Gasteiger partial charge in [-0.1, -0.05) is 0 Å². The highest BCUT2D eigenvalue weighted by Gasteiger charge is 2.50. The molecule has 9 heteroatoms. The van der Waals surface area contributed by atoms with E-state index in [1.165, 1.54) is 0 Å². The van der Waals surface area contributed by atoms with Crippen molar-refractivity contribution < 1.29 is 53.1 Å². The molecule has 0 amide bonds. The molecule has 2 heterocycles. The predicted octanol–water partition coefficient (Wildman–Crippen LogP) is -4.29. The van der Waals surface area contributed by atoms with E-state index in [2.05, 4.69) is 0 Å². The number of halogens is 1. The Bertz CT molecular complexity index is 445. The molecule has 0 aromatic rings. The van der Waals surface area contributed by atoms with E-state index < -0.39 is 5.97 Å². The number of hydrogen-bond donors (Lipinski definition) is 6. The summed E-state index contributed by atoms with van der Waals surface area (Å²) in [6, 6.07) is 0. The second-order valence-corrected chi connectivity index (χ2v) is 10.8. The standard InChI is InChI=1S/2C9H19NO2.C2H4O2.ClH/c2*1-8(2)5-7(11)6-9(3,4)10(8)12;1-2(3)4;/h2*7,11-12H,5-6H2,1-4H3;1H3,(H,3,4);1H. The Hall–Kier alpha value is -0.480. The van der Waals surface area contributed by atoms with E-state index in [0.717, 1.165) is 6.92 Å². The molecule has 2 fully saturated rings. The van der Waals surface area contributed by atoms with Gasteiger partial charge in [0, 0.05) is 31.7 Å². The van der Waals surface area contributed by atoms with Crippen LogP contribution in [0.3, 0.4) is 0 Å². The van der Waals surface area contributed by atoms with Crippen LogP contribution in [0, 0.1) is 0 Å². The number of carbonyl (C=O) groups excluding carboxylic acids is 1. The number of carbonyl (C=O) groups is 1. The SMILES string of the molecule is CC(=O)[O-].CC1(C)CC(O)CC(C)(C)[NH+]1O.CC1(C)CC(O)CC(C)(C)[NH+]1O.[Cl-]. The zero-order valence-corrected chi connectivity index (χ0v) is 20.2. The first-order valence-electron chi connectivity index (χ1n) is 9.92.